The van der Waals surface area contributed by atoms with Crippen molar-refractivity contribution in [3.8, 4) is 17.1 Å². The third-order valence-corrected chi connectivity index (χ3v) is 4.89. The summed E-state index contributed by atoms with van der Waals surface area (Å²) in [5.74, 6) is 0.663. The summed E-state index contributed by atoms with van der Waals surface area (Å²) in [4.78, 5) is 15.1. The van der Waals surface area contributed by atoms with E-state index in [9.17, 15) is 4.79 Å². The zero-order chi connectivity index (χ0) is 17.9. The normalized spacial score (nSPS) is 14.8. The zero-order valence-corrected chi connectivity index (χ0v) is 16.0. The highest BCUT2D eigenvalue weighted by molar-refractivity contribution is 5.94. The molecule has 0 spiro atoms. The summed E-state index contributed by atoms with van der Waals surface area (Å²) < 4.78 is 7.18. The summed E-state index contributed by atoms with van der Waals surface area (Å²) >= 11 is 0. The van der Waals surface area contributed by atoms with Gasteiger partial charge in [-0.2, -0.15) is 5.10 Å². The molecule has 1 aliphatic heterocycles. The Hall–Kier alpha value is -2.57. The molecule has 4 rings (SSSR count). The predicted octanol–water partition coefficient (Wildman–Crippen LogP) is 3.38. The quantitative estimate of drug-likeness (QED) is 0.746. The van der Waals surface area contributed by atoms with E-state index in [0.717, 1.165) is 31.6 Å². The summed E-state index contributed by atoms with van der Waals surface area (Å²) in [7, 11) is 1.97. The van der Waals surface area contributed by atoms with Gasteiger partial charge in [0.15, 0.2) is 5.76 Å². The van der Waals surface area contributed by atoms with E-state index in [1.807, 2.05) is 60.5 Å². The maximum atomic E-state index is 13.2. The third kappa shape index (κ3) is 3.91. The van der Waals surface area contributed by atoms with Crippen molar-refractivity contribution in [2.45, 2.75) is 18.9 Å². The van der Waals surface area contributed by atoms with Crippen LogP contribution in [-0.4, -0.2) is 46.8 Å². The van der Waals surface area contributed by atoms with Gasteiger partial charge in [-0.1, -0.05) is 18.2 Å². The lowest BCUT2D eigenvalue weighted by molar-refractivity contribution is 0.0698. The number of hydrogen-bond donors (Lipinski definition) is 1. The van der Waals surface area contributed by atoms with Gasteiger partial charge in [0.05, 0.1) is 12.0 Å². The molecule has 3 heterocycles. The van der Waals surface area contributed by atoms with Crippen LogP contribution in [-0.2, 0) is 0 Å². The molecular weight excluding hydrogens is 364 g/mol. The Bertz CT molecular complexity index is 869. The fourth-order valence-electron chi connectivity index (χ4n) is 3.38. The Kier molecular flexibility index (Phi) is 5.98. The van der Waals surface area contributed by atoms with Crippen LogP contribution in [0.3, 0.4) is 0 Å². The molecule has 1 saturated heterocycles. The van der Waals surface area contributed by atoms with Gasteiger partial charge in [0.1, 0.15) is 11.4 Å². The minimum Gasteiger partial charge on any atom is -0.463 e. The number of benzene rings is 1. The second-order valence-corrected chi connectivity index (χ2v) is 6.49. The molecule has 0 radical (unpaired) electrons. The predicted molar refractivity (Wildman–Crippen MR) is 106 cm³/mol. The van der Waals surface area contributed by atoms with Gasteiger partial charge >= 0.3 is 0 Å². The largest absolute Gasteiger partial charge is 0.463 e. The minimum atomic E-state index is 0. The number of nitrogens with one attached hydrogen (secondary N) is 1. The van der Waals surface area contributed by atoms with E-state index >= 15 is 0 Å². The molecule has 0 unspecified atom stereocenters. The second kappa shape index (κ2) is 8.41. The number of hydrogen-bond acceptors (Lipinski definition) is 4. The van der Waals surface area contributed by atoms with Crippen LogP contribution in [0.2, 0.25) is 0 Å². The van der Waals surface area contributed by atoms with Gasteiger partial charge < -0.3 is 14.6 Å². The molecule has 1 aliphatic rings. The number of halogens is 1. The molecule has 27 heavy (non-hydrogen) atoms. The maximum Gasteiger partial charge on any atom is 0.272 e. The molecule has 3 aromatic rings. The number of piperidine rings is 1. The van der Waals surface area contributed by atoms with Gasteiger partial charge in [-0.3, -0.25) is 4.79 Å². The number of carbonyl (C=O) groups is 1. The van der Waals surface area contributed by atoms with Gasteiger partial charge in [-0.15, -0.1) is 12.4 Å². The van der Waals surface area contributed by atoms with Crippen molar-refractivity contribution in [1.82, 2.24) is 20.0 Å². The third-order valence-electron chi connectivity index (χ3n) is 4.89. The lowest BCUT2D eigenvalue weighted by Gasteiger charge is -2.31. The van der Waals surface area contributed by atoms with Crippen molar-refractivity contribution < 1.29 is 9.21 Å². The van der Waals surface area contributed by atoms with Crippen molar-refractivity contribution in [2.75, 3.05) is 20.1 Å². The summed E-state index contributed by atoms with van der Waals surface area (Å²) in [6, 6.07) is 15.7. The Morgan fingerprint density at radius 3 is 2.52 bits per heavy atom. The average Bonchev–Trinajstić information content (AvgIpc) is 3.38. The molecule has 7 heteroatoms. The van der Waals surface area contributed by atoms with E-state index in [0.29, 0.717) is 23.2 Å². The number of furan rings is 1. The molecule has 2 aromatic heterocycles. The molecular formula is C20H23ClN4O2. The first-order valence-electron chi connectivity index (χ1n) is 8.92. The second-order valence-electron chi connectivity index (χ2n) is 6.49. The maximum absolute atomic E-state index is 13.2. The van der Waals surface area contributed by atoms with Crippen LogP contribution < -0.4 is 5.32 Å². The van der Waals surface area contributed by atoms with Crippen LogP contribution in [0.5, 0.6) is 0 Å². The molecule has 142 valence electrons. The smallest absolute Gasteiger partial charge is 0.272 e. The van der Waals surface area contributed by atoms with E-state index in [2.05, 4.69) is 10.4 Å². The number of amides is 1. The lowest BCUT2D eigenvalue weighted by Crippen LogP contribution is -2.44. The Morgan fingerprint density at radius 1 is 1.15 bits per heavy atom. The fourth-order valence-corrected chi connectivity index (χ4v) is 3.38. The van der Waals surface area contributed by atoms with Crippen molar-refractivity contribution in [2.24, 2.45) is 0 Å². The molecule has 0 aliphatic carbocycles. The van der Waals surface area contributed by atoms with Crippen molar-refractivity contribution in [3.63, 3.8) is 0 Å². The molecule has 1 amide bonds. The van der Waals surface area contributed by atoms with E-state index in [-0.39, 0.29) is 18.3 Å². The molecule has 1 N–H and O–H groups in total. The van der Waals surface area contributed by atoms with Crippen molar-refractivity contribution in [3.05, 3.63) is 60.5 Å². The minimum absolute atomic E-state index is 0. The van der Waals surface area contributed by atoms with Crippen LogP contribution >= 0.6 is 12.4 Å². The number of para-hydroxylation sites is 1. The van der Waals surface area contributed by atoms with Crippen LogP contribution in [0, 0.1) is 0 Å². The van der Waals surface area contributed by atoms with E-state index in [1.54, 1.807) is 10.9 Å². The summed E-state index contributed by atoms with van der Waals surface area (Å²) in [5, 5.41) is 7.93. The van der Waals surface area contributed by atoms with E-state index in [1.165, 1.54) is 0 Å². The summed E-state index contributed by atoms with van der Waals surface area (Å²) in [6.45, 7) is 1.50. The lowest BCUT2D eigenvalue weighted by atomic mass is 10.0. The zero-order valence-electron chi connectivity index (χ0n) is 15.2. The first kappa shape index (κ1) is 19.2. The Labute approximate surface area is 164 Å². The summed E-state index contributed by atoms with van der Waals surface area (Å²) in [6.07, 6.45) is 3.54. The van der Waals surface area contributed by atoms with Gasteiger partial charge in [-0.05, 0) is 44.2 Å². The number of rotatable bonds is 4. The number of carbonyl (C=O) groups excluding carboxylic acids is 1. The van der Waals surface area contributed by atoms with Crippen LogP contribution in [0.15, 0.2) is 59.2 Å². The highest BCUT2D eigenvalue weighted by Crippen LogP contribution is 2.24. The molecule has 0 saturated carbocycles. The van der Waals surface area contributed by atoms with Gasteiger partial charge in [-0.25, -0.2) is 4.68 Å². The topological polar surface area (TPSA) is 63.3 Å². The van der Waals surface area contributed by atoms with Crippen molar-refractivity contribution in [1.29, 1.82) is 0 Å². The first-order valence-corrected chi connectivity index (χ1v) is 8.92. The number of aromatic nitrogens is 2. The number of likely N-dealkylation sites (tertiary alicyclic amines) is 1. The Morgan fingerprint density at radius 2 is 1.89 bits per heavy atom. The van der Waals surface area contributed by atoms with E-state index < -0.39 is 0 Å². The monoisotopic (exact) mass is 386 g/mol. The van der Waals surface area contributed by atoms with Crippen LogP contribution in [0.25, 0.3) is 17.1 Å². The molecule has 0 atom stereocenters. The van der Waals surface area contributed by atoms with Gasteiger partial charge in [0, 0.05) is 25.2 Å². The fraction of sp³-hybridized carbons (Fsp3) is 0.300. The molecule has 1 fully saturated rings. The van der Waals surface area contributed by atoms with Gasteiger partial charge in [0.2, 0.25) is 0 Å². The van der Waals surface area contributed by atoms with Crippen LogP contribution in [0.4, 0.5) is 0 Å². The molecule has 0 bridgehead atoms. The van der Waals surface area contributed by atoms with Gasteiger partial charge in [0.25, 0.3) is 5.91 Å². The van der Waals surface area contributed by atoms with E-state index in [4.69, 9.17) is 4.42 Å². The van der Waals surface area contributed by atoms with Crippen LogP contribution in [0.1, 0.15) is 23.3 Å². The summed E-state index contributed by atoms with van der Waals surface area (Å²) in [5.41, 5.74) is 2.08. The molecule has 6 nitrogen and oxygen atoms in total. The Balaban J connectivity index is 0.00000210. The number of nitrogens with zero attached hydrogens (tertiary/aromatic N) is 3. The molecule has 1 aromatic carbocycles. The first-order chi connectivity index (χ1) is 12.8. The highest BCUT2D eigenvalue weighted by Gasteiger charge is 2.26. The highest BCUT2D eigenvalue weighted by atomic mass is 35.5. The standard InChI is InChI=1S/C20H22N4O2.ClH/c1-21-15-9-11-23(12-10-15)20(25)18-14-17(19-8-5-13-26-19)22-24(18)16-6-3-2-4-7-16;/h2-8,13-15,21H,9-12H2,1H3;1H. The SMILES string of the molecule is CNC1CCN(C(=O)c2cc(-c3ccco3)nn2-c2ccccc2)CC1.Cl. The average molecular weight is 387 g/mol. The van der Waals surface area contributed by atoms with Crippen molar-refractivity contribution >= 4 is 18.3 Å².